The zero-order valence-corrected chi connectivity index (χ0v) is 16.2. The van der Waals surface area contributed by atoms with Gasteiger partial charge >= 0.3 is 0 Å². The van der Waals surface area contributed by atoms with Crippen LogP contribution in [-0.4, -0.2) is 63.9 Å². The molecule has 0 aromatic carbocycles. The van der Waals surface area contributed by atoms with E-state index in [0.717, 1.165) is 0 Å². The molecule has 0 saturated carbocycles. The van der Waals surface area contributed by atoms with Crippen molar-refractivity contribution in [3.8, 4) is 0 Å². The van der Waals surface area contributed by atoms with Gasteiger partial charge in [0.15, 0.2) is 0 Å². The van der Waals surface area contributed by atoms with Crippen molar-refractivity contribution in [2.75, 3.05) is 32.1 Å². The van der Waals surface area contributed by atoms with Crippen LogP contribution in [0.1, 0.15) is 20.8 Å². The van der Waals surface area contributed by atoms with E-state index in [4.69, 9.17) is 16.6 Å². The Labute approximate surface area is 152 Å². The lowest BCUT2D eigenvalue weighted by atomic mass is 9.99. The second-order valence-electron chi connectivity index (χ2n) is 6.51. The quantitative estimate of drug-likeness (QED) is 0.742. The van der Waals surface area contributed by atoms with Crippen LogP contribution in [0.15, 0.2) is 22.8 Å². The van der Waals surface area contributed by atoms with E-state index in [-0.39, 0.29) is 11.8 Å². The number of hydrogen-bond donors (Lipinski definition) is 0. The predicted octanol–water partition coefficient (Wildman–Crippen LogP) is 2.20. The number of rotatable bonds is 5. The lowest BCUT2D eigenvalue weighted by Crippen LogP contribution is -2.64. The van der Waals surface area contributed by atoms with Gasteiger partial charge in [-0.25, -0.2) is 0 Å². The second-order valence-corrected chi connectivity index (χ2v) is 8.80. The summed E-state index contributed by atoms with van der Waals surface area (Å²) in [5, 5.41) is 0. The molecular formula is C16H23N3O3S2. The molecule has 132 valence electrons. The fourth-order valence-electron chi connectivity index (χ4n) is 2.66. The topological polar surface area (TPSA) is 57.0 Å². The van der Waals surface area contributed by atoms with Crippen LogP contribution in [0.4, 0.5) is 5.88 Å². The summed E-state index contributed by atoms with van der Waals surface area (Å²) in [4.78, 5) is 30.5. The Bertz CT molecular complexity index is 629. The third-order valence-corrected chi connectivity index (χ3v) is 5.46. The first-order chi connectivity index (χ1) is 11.1. The number of nitrogens with zero attached hydrogens (tertiary/aromatic N) is 3. The molecule has 1 fully saturated rings. The van der Waals surface area contributed by atoms with Gasteiger partial charge in [-0.05, 0) is 34.0 Å². The van der Waals surface area contributed by atoms with E-state index >= 15 is 0 Å². The molecular weight excluding hydrogens is 346 g/mol. The minimum absolute atomic E-state index is 0.169. The minimum atomic E-state index is -0.681. The van der Waals surface area contributed by atoms with Crippen molar-refractivity contribution in [1.82, 2.24) is 9.80 Å². The van der Waals surface area contributed by atoms with Crippen LogP contribution < -0.4 is 4.90 Å². The number of likely N-dealkylation sites (N-methyl/N-ethyl adjacent to an activating group) is 1. The zero-order valence-electron chi connectivity index (χ0n) is 14.6. The predicted molar refractivity (Wildman–Crippen MR) is 100 cm³/mol. The molecule has 1 aromatic heterocycles. The molecule has 1 aromatic rings. The summed E-state index contributed by atoms with van der Waals surface area (Å²) >= 11 is 6.87. The first kappa shape index (κ1) is 19.0. The van der Waals surface area contributed by atoms with Gasteiger partial charge < -0.3 is 9.32 Å². The van der Waals surface area contributed by atoms with E-state index in [1.807, 2.05) is 32.8 Å². The first-order valence-corrected chi connectivity index (χ1v) is 8.90. The van der Waals surface area contributed by atoms with Crippen molar-refractivity contribution < 1.29 is 14.0 Å². The SMILES string of the molecule is CC(=O)N(c1ccco1)C1C(=O)N(CCN(C)C)C(=S)SC1(C)C. The van der Waals surface area contributed by atoms with Gasteiger partial charge in [-0.3, -0.25) is 19.4 Å². The Morgan fingerprint density at radius 2 is 2.12 bits per heavy atom. The van der Waals surface area contributed by atoms with Gasteiger partial charge in [0.1, 0.15) is 10.4 Å². The highest BCUT2D eigenvalue weighted by Gasteiger charge is 2.50. The number of thiocarbonyl (C=S) groups is 1. The Balaban J connectivity index is 2.38. The van der Waals surface area contributed by atoms with Gasteiger partial charge in [-0.15, -0.1) is 0 Å². The maximum absolute atomic E-state index is 13.2. The Kier molecular flexibility index (Phi) is 5.72. The molecule has 1 aliphatic rings. The third kappa shape index (κ3) is 3.81. The van der Waals surface area contributed by atoms with Crippen molar-refractivity contribution in [3.63, 3.8) is 0 Å². The van der Waals surface area contributed by atoms with Gasteiger partial charge in [0.2, 0.25) is 11.8 Å². The molecule has 1 saturated heterocycles. The van der Waals surface area contributed by atoms with E-state index in [1.54, 1.807) is 17.0 Å². The summed E-state index contributed by atoms with van der Waals surface area (Å²) in [6.07, 6.45) is 1.49. The molecule has 8 heteroatoms. The molecule has 0 aliphatic carbocycles. The normalized spacial score (nSPS) is 20.6. The highest BCUT2D eigenvalue weighted by Crippen LogP contribution is 2.40. The largest absolute Gasteiger partial charge is 0.448 e. The van der Waals surface area contributed by atoms with Gasteiger partial charge in [0.25, 0.3) is 5.91 Å². The molecule has 0 N–H and O–H groups in total. The standard InChI is InChI=1S/C16H23N3O3S2/c1-11(20)19(12-7-6-10-22-12)13-14(21)18(9-8-17(4)5)15(23)24-16(13,2)3/h6-7,10,13H,8-9H2,1-5H3. The summed E-state index contributed by atoms with van der Waals surface area (Å²) in [7, 11) is 3.88. The zero-order chi connectivity index (χ0) is 18.1. The first-order valence-electron chi connectivity index (χ1n) is 7.67. The number of carbonyl (C=O) groups excluding carboxylic acids is 2. The highest BCUT2D eigenvalue weighted by molar-refractivity contribution is 8.24. The lowest BCUT2D eigenvalue weighted by Gasteiger charge is -2.46. The molecule has 24 heavy (non-hydrogen) atoms. The smallest absolute Gasteiger partial charge is 0.252 e. The average molecular weight is 370 g/mol. The van der Waals surface area contributed by atoms with Crippen LogP contribution in [0.5, 0.6) is 0 Å². The monoisotopic (exact) mass is 369 g/mol. The van der Waals surface area contributed by atoms with E-state index < -0.39 is 10.8 Å². The molecule has 0 spiro atoms. The van der Waals surface area contributed by atoms with Crippen molar-refractivity contribution in [3.05, 3.63) is 18.4 Å². The maximum atomic E-state index is 13.2. The Morgan fingerprint density at radius 3 is 2.62 bits per heavy atom. The number of furan rings is 1. The summed E-state index contributed by atoms with van der Waals surface area (Å²) < 4.78 is 5.39. The number of thioether (sulfide) groups is 1. The van der Waals surface area contributed by atoms with Gasteiger partial charge in [0.05, 0.1) is 6.26 Å². The fourth-order valence-corrected chi connectivity index (χ4v) is 4.55. The molecule has 0 radical (unpaired) electrons. The summed E-state index contributed by atoms with van der Waals surface area (Å²) in [6.45, 7) is 6.48. The molecule has 1 aliphatic heterocycles. The molecule has 1 atom stereocenters. The maximum Gasteiger partial charge on any atom is 0.252 e. The van der Waals surface area contributed by atoms with Gasteiger partial charge in [-0.2, -0.15) is 0 Å². The second kappa shape index (κ2) is 7.25. The fraction of sp³-hybridized carbons (Fsp3) is 0.562. The molecule has 1 unspecified atom stereocenters. The van der Waals surface area contributed by atoms with E-state index in [1.165, 1.54) is 29.8 Å². The summed E-state index contributed by atoms with van der Waals surface area (Å²) in [5.41, 5.74) is 0. The van der Waals surface area contributed by atoms with Crippen molar-refractivity contribution in [2.24, 2.45) is 0 Å². The molecule has 2 heterocycles. The molecule has 0 bridgehead atoms. The van der Waals surface area contributed by atoms with Crippen LogP contribution in [0.2, 0.25) is 0 Å². The van der Waals surface area contributed by atoms with Gasteiger partial charge in [-0.1, -0.05) is 24.0 Å². The van der Waals surface area contributed by atoms with Crippen LogP contribution in [0, 0.1) is 0 Å². The van der Waals surface area contributed by atoms with Crippen LogP contribution in [-0.2, 0) is 9.59 Å². The van der Waals surface area contributed by atoms with Crippen LogP contribution in [0.25, 0.3) is 0 Å². The number of amides is 2. The number of hydrogen-bond acceptors (Lipinski definition) is 6. The average Bonchev–Trinajstić information content (AvgIpc) is 2.95. The van der Waals surface area contributed by atoms with Crippen molar-refractivity contribution in [1.29, 1.82) is 0 Å². The summed E-state index contributed by atoms with van der Waals surface area (Å²) in [5.74, 6) is -0.0375. The van der Waals surface area contributed by atoms with Crippen LogP contribution >= 0.6 is 24.0 Å². The highest BCUT2D eigenvalue weighted by atomic mass is 32.2. The van der Waals surface area contributed by atoms with E-state index in [2.05, 4.69) is 0 Å². The minimum Gasteiger partial charge on any atom is -0.448 e. The molecule has 6 nitrogen and oxygen atoms in total. The summed E-state index contributed by atoms with van der Waals surface area (Å²) in [6, 6.07) is 2.71. The molecule has 2 amide bonds. The van der Waals surface area contributed by atoms with E-state index in [0.29, 0.717) is 23.3 Å². The molecule has 2 rings (SSSR count). The Hall–Kier alpha value is -1.38. The van der Waals surface area contributed by atoms with Crippen LogP contribution in [0.3, 0.4) is 0 Å². The van der Waals surface area contributed by atoms with Gasteiger partial charge in [0, 0.05) is 30.8 Å². The number of carbonyl (C=O) groups is 2. The van der Waals surface area contributed by atoms with Crippen molar-refractivity contribution in [2.45, 2.75) is 31.6 Å². The number of anilines is 1. The third-order valence-electron chi connectivity index (χ3n) is 3.84. The van der Waals surface area contributed by atoms with Crippen molar-refractivity contribution >= 4 is 46.0 Å². The Morgan fingerprint density at radius 1 is 1.46 bits per heavy atom. The lowest BCUT2D eigenvalue weighted by molar-refractivity contribution is -0.132. The van der Waals surface area contributed by atoms with E-state index in [9.17, 15) is 9.59 Å².